The number of ether oxygens (including phenoxy) is 1. The van der Waals surface area contributed by atoms with Crippen molar-refractivity contribution in [2.24, 2.45) is 10.9 Å². The molecule has 0 saturated carbocycles. The molecule has 1 saturated heterocycles. The largest absolute Gasteiger partial charge is 0.496 e. The van der Waals surface area contributed by atoms with Gasteiger partial charge < -0.3 is 20.3 Å². The van der Waals surface area contributed by atoms with Crippen molar-refractivity contribution in [3.63, 3.8) is 0 Å². The second-order valence-corrected chi connectivity index (χ2v) is 6.78. The van der Waals surface area contributed by atoms with Gasteiger partial charge in [0.2, 0.25) is 5.91 Å². The first kappa shape index (κ1) is 23.5. The Morgan fingerprint density at radius 3 is 2.59 bits per heavy atom. The van der Waals surface area contributed by atoms with Crippen molar-refractivity contribution in [2.45, 2.75) is 39.7 Å². The highest BCUT2D eigenvalue weighted by molar-refractivity contribution is 14.0. The summed E-state index contributed by atoms with van der Waals surface area (Å²) in [5.41, 5.74) is 2.30. The summed E-state index contributed by atoms with van der Waals surface area (Å²) in [5, 5.41) is 6.12. The zero-order valence-electron chi connectivity index (χ0n) is 16.9. The van der Waals surface area contributed by atoms with Crippen molar-refractivity contribution in [2.75, 3.05) is 33.8 Å². The molecule has 0 spiro atoms. The summed E-state index contributed by atoms with van der Waals surface area (Å²) in [6.07, 6.45) is 2.68. The van der Waals surface area contributed by atoms with Crippen LogP contribution in [0.1, 0.15) is 37.3 Å². The third-order valence-electron chi connectivity index (χ3n) is 4.87. The summed E-state index contributed by atoms with van der Waals surface area (Å²) in [6.45, 7) is 7.51. The minimum absolute atomic E-state index is 0. The minimum Gasteiger partial charge on any atom is -0.496 e. The molecule has 27 heavy (non-hydrogen) atoms. The zero-order chi connectivity index (χ0) is 18.9. The summed E-state index contributed by atoms with van der Waals surface area (Å²) in [5.74, 6) is 2.47. The predicted molar refractivity (Wildman–Crippen MR) is 121 cm³/mol. The van der Waals surface area contributed by atoms with Crippen LogP contribution in [0.2, 0.25) is 0 Å². The Kier molecular flexibility index (Phi) is 10.5. The van der Waals surface area contributed by atoms with E-state index >= 15 is 0 Å². The number of nitrogens with one attached hydrogen (secondary N) is 2. The fraction of sp³-hybridized carbons (Fsp3) is 0.600. The molecule has 0 bridgehead atoms. The number of hydrogen-bond acceptors (Lipinski definition) is 3. The lowest BCUT2D eigenvalue weighted by Crippen LogP contribution is -2.46. The number of rotatable bonds is 6. The van der Waals surface area contributed by atoms with Crippen LogP contribution < -0.4 is 15.4 Å². The fourth-order valence-electron chi connectivity index (χ4n) is 3.34. The van der Waals surface area contributed by atoms with E-state index in [9.17, 15) is 4.79 Å². The second kappa shape index (κ2) is 12.0. The minimum atomic E-state index is 0. The van der Waals surface area contributed by atoms with E-state index in [0.29, 0.717) is 18.9 Å². The lowest BCUT2D eigenvalue weighted by atomic mass is 9.93. The van der Waals surface area contributed by atoms with E-state index in [1.165, 1.54) is 5.56 Å². The molecule has 2 rings (SSSR count). The Morgan fingerprint density at radius 2 is 2.04 bits per heavy atom. The number of guanidine groups is 1. The molecule has 1 heterocycles. The number of carbonyl (C=O) groups excluding carboxylic acids is 1. The number of methoxy groups -OCH3 is 1. The topological polar surface area (TPSA) is 66.0 Å². The smallest absolute Gasteiger partial charge is 0.220 e. The fourth-order valence-corrected chi connectivity index (χ4v) is 3.34. The number of nitrogens with zero attached hydrogens (tertiary/aromatic N) is 2. The first-order chi connectivity index (χ1) is 12.6. The Hall–Kier alpha value is -1.51. The number of likely N-dealkylation sites (tertiary alicyclic amines) is 1. The van der Waals surface area contributed by atoms with Gasteiger partial charge in [0.15, 0.2) is 5.96 Å². The van der Waals surface area contributed by atoms with Crippen molar-refractivity contribution in [1.82, 2.24) is 15.5 Å². The molecule has 1 aromatic carbocycles. The van der Waals surface area contributed by atoms with Crippen LogP contribution >= 0.6 is 24.0 Å². The number of aliphatic imine (C=N–C) groups is 1. The molecule has 1 aliphatic rings. The molecule has 1 aromatic rings. The van der Waals surface area contributed by atoms with Gasteiger partial charge in [0.25, 0.3) is 0 Å². The molecule has 152 valence electrons. The van der Waals surface area contributed by atoms with Gasteiger partial charge in [-0.05, 0) is 49.8 Å². The van der Waals surface area contributed by atoms with Gasteiger partial charge in [0.05, 0.1) is 13.7 Å². The van der Waals surface area contributed by atoms with Crippen LogP contribution in [0.25, 0.3) is 0 Å². The van der Waals surface area contributed by atoms with Gasteiger partial charge in [-0.3, -0.25) is 4.79 Å². The van der Waals surface area contributed by atoms with Crippen molar-refractivity contribution in [3.8, 4) is 5.75 Å². The molecule has 0 aromatic heterocycles. The highest BCUT2D eigenvalue weighted by atomic mass is 127. The van der Waals surface area contributed by atoms with Crippen LogP contribution in [-0.4, -0.2) is 50.6 Å². The maximum atomic E-state index is 11.6. The number of piperidine rings is 1. The molecular weight excluding hydrogens is 455 g/mol. The summed E-state index contributed by atoms with van der Waals surface area (Å²) < 4.78 is 5.32. The van der Waals surface area contributed by atoms with Gasteiger partial charge in [-0.25, -0.2) is 4.99 Å². The first-order valence-electron chi connectivity index (χ1n) is 9.44. The number of hydrogen-bond donors (Lipinski definition) is 2. The third-order valence-corrected chi connectivity index (χ3v) is 4.87. The molecule has 1 fully saturated rings. The molecule has 0 radical (unpaired) electrons. The Balaban J connectivity index is 0.00000364. The summed E-state index contributed by atoms with van der Waals surface area (Å²) in [4.78, 5) is 18.7. The summed E-state index contributed by atoms with van der Waals surface area (Å²) in [6, 6.07) is 6.19. The SMILES string of the molecule is CCNC(=NCc1ccc(OC)c(C)c1)N1CCC(CC(=O)NC)CC1.I. The maximum Gasteiger partial charge on any atom is 0.220 e. The van der Waals surface area contributed by atoms with E-state index in [1.54, 1.807) is 14.2 Å². The monoisotopic (exact) mass is 488 g/mol. The Labute approximate surface area is 180 Å². The van der Waals surface area contributed by atoms with Gasteiger partial charge in [-0.15, -0.1) is 24.0 Å². The highest BCUT2D eigenvalue weighted by Gasteiger charge is 2.23. The average Bonchev–Trinajstić information content (AvgIpc) is 2.66. The number of carbonyl (C=O) groups is 1. The second-order valence-electron chi connectivity index (χ2n) is 6.78. The Morgan fingerprint density at radius 1 is 1.33 bits per heavy atom. The predicted octanol–water partition coefficient (Wildman–Crippen LogP) is 2.94. The molecular formula is C20H33IN4O2. The molecule has 6 nitrogen and oxygen atoms in total. The highest BCUT2D eigenvalue weighted by Crippen LogP contribution is 2.21. The first-order valence-corrected chi connectivity index (χ1v) is 9.44. The summed E-state index contributed by atoms with van der Waals surface area (Å²) in [7, 11) is 3.39. The van der Waals surface area contributed by atoms with Crippen LogP contribution in [0.5, 0.6) is 5.75 Å². The number of aryl methyl sites for hydroxylation is 1. The lowest BCUT2D eigenvalue weighted by molar-refractivity contribution is -0.121. The van der Waals surface area contributed by atoms with Crippen LogP contribution in [0, 0.1) is 12.8 Å². The number of amides is 1. The van der Waals surface area contributed by atoms with Crippen molar-refractivity contribution < 1.29 is 9.53 Å². The van der Waals surface area contributed by atoms with Crippen molar-refractivity contribution >= 4 is 35.8 Å². The van der Waals surface area contributed by atoms with Gasteiger partial charge in [0, 0.05) is 33.1 Å². The van der Waals surface area contributed by atoms with Crippen molar-refractivity contribution in [1.29, 1.82) is 0 Å². The lowest BCUT2D eigenvalue weighted by Gasteiger charge is -2.34. The molecule has 0 aliphatic carbocycles. The quantitative estimate of drug-likeness (QED) is 0.367. The molecule has 2 N–H and O–H groups in total. The average molecular weight is 488 g/mol. The molecule has 0 unspecified atom stereocenters. The normalized spacial score (nSPS) is 15.1. The van der Waals surface area contributed by atoms with Gasteiger partial charge in [0.1, 0.15) is 5.75 Å². The molecule has 1 aliphatic heterocycles. The van der Waals surface area contributed by atoms with Crippen LogP contribution in [0.4, 0.5) is 0 Å². The maximum absolute atomic E-state index is 11.6. The number of halogens is 1. The zero-order valence-corrected chi connectivity index (χ0v) is 19.2. The summed E-state index contributed by atoms with van der Waals surface area (Å²) >= 11 is 0. The molecule has 7 heteroatoms. The standard InChI is InChI=1S/C20H32N4O2.HI/c1-5-22-20(23-14-17-6-7-18(26-4)15(2)12-17)24-10-8-16(9-11-24)13-19(25)21-3;/h6-7,12,16H,5,8-11,13-14H2,1-4H3,(H,21,25)(H,22,23);1H. The Bertz CT molecular complexity index is 628. The van der Waals surface area contributed by atoms with E-state index in [2.05, 4.69) is 41.5 Å². The van der Waals surface area contributed by atoms with Crippen molar-refractivity contribution in [3.05, 3.63) is 29.3 Å². The van der Waals surface area contributed by atoms with Gasteiger partial charge in [-0.2, -0.15) is 0 Å². The molecule has 0 atom stereocenters. The number of benzene rings is 1. The van der Waals surface area contributed by atoms with Crippen LogP contribution in [-0.2, 0) is 11.3 Å². The van der Waals surface area contributed by atoms with Gasteiger partial charge >= 0.3 is 0 Å². The van der Waals surface area contributed by atoms with E-state index in [0.717, 1.165) is 49.7 Å². The third kappa shape index (κ3) is 7.20. The van der Waals surface area contributed by atoms with Crippen LogP contribution in [0.3, 0.4) is 0 Å². The molecule has 1 amide bonds. The van der Waals surface area contributed by atoms with E-state index in [1.807, 2.05) is 6.07 Å². The van der Waals surface area contributed by atoms with E-state index in [-0.39, 0.29) is 29.9 Å². The van der Waals surface area contributed by atoms with E-state index in [4.69, 9.17) is 9.73 Å². The van der Waals surface area contributed by atoms with E-state index < -0.39 is 0 Å². The van der Waals surface area contributed by atoms with Crippen LogP contribution in [0.15, 0.2) is 23.2 Å². The van der Waals surface area contributed by atoms with Gasteiger partial charge in [-0.1, -0.05) is 12.1 Å².